The maximum absolute atomic E-state index is 12.9. The summed E-state index contributed by atoms with van der Waals surface area (Å²) in [5.74, 6) is -0.0483. The topological polar surface area (TPSA) is 66.4 Å². The predicted octanol–water partition coefficient (Wildman–Crippen LogP) is 2.64. The van der Waals surface area contributed by atoms with Crippen LogP contribution in [0.25, 0.3) is 0 Å². The average Bonchev–Trinajstić information content (AvgIpc) is 3.37. The normalized spacial score (nSPS) is 25.5. The van der Waals surface area contributed by atoms with E-state index in [1.807, 2.05) is 4.90 Å². The lowest BCUT2D eigenvalue weighted by Gasteiger charge is -2.25. The van der Waals surface area contributed by atoms with Gasteiger partial charge in [-0.3, -0.25) is 14.5 Å². The summed E-state index contributed by atoms with van der Waals surface area (Å²) in [7, 11) is 0. The van der Waals surface area contributed by atoms with Crippen LogP contribution in [0.4, 0.5) is 5.13 Å². The number of amides is 2. The maximum atomic E-state index is 12.9. The van der Waals surface area contributed by atoms with E-state index >= 15 is 0 Å². The van der Waals surface area contributed by atoms with Crippen molar-refractivity contribution in [3.8, 4) is 0 Å². The number of hydrogen-bond donors (Lipinski definition) is 0. The van der Waals surface area contributed by atoms with Crippen LogP contribution in [0.5, 0.6) is 0 Å². The second kappa shape index (κ2) is 6.67. The van der Waals surface area contributed by atoms with Gasteiger partial charge in [0.2, 0.25) is 16.9 Å². The highest BCUT2D eigenvalue weighted by atomic mass is 32.1. The van der Waals surface area contributed by atoms with Crippen LogP contribution in [0.3, 0.4) is 0 Å². The van der Waals surface area contributed by atoms with Gasteiger partial charge in [-0.2, -0.15) is 0 Å². The number of anilines is 1. The predicted molar refractivity (Wildman–Crippen MR) is 96.5 cm³/mol. The molecule has 1 unspecified atom stereocenters. The Balaban J connectivity index is 1.40. The average molecular weight is 362 g/mol. The van der Waals surface area contributed by atoms with Crippen molar-refractivity contribution in [1.82, 2.24) is 15.1 Å². The minimum absolute atomic E-state index is 0.00678. The Bertz CT molecular complexity index is 668. The van der Waals surface area contributed by atoms with Crippen molar-refractivity contribution in [2.75, 3.05) is 24.5 Å². The van der Waals surface area contributed by atoms with E-state index in [2.05, 4.69) is 17.1 Å². The van der Waals surface area contributed by atoms with Crippen LogP contribution in [0, 0.1) is 11.3 Å². The fourth-order valence-corrected chi connectivity index (χ4v) is 5.61. The van der Waals surface area contributed by atoms with E-state index in [1.165, 1.54) is 37.0 Å². The molecule has 2 aliphatic heterocycles. The third kappa shape index (κ3) is 3.18. The summed E-state index contributed by atoms with van der Waals surface area (Å²) in [4.78, 5) is 29.0. The second-order valence-electron chi connectivity index (χ2n) is 7.85. The van der Waals surface area contributed by atoms with Crippen molar-refractivity contribution in [1.29, 1.82) is 0 Å². The van der Waals surface area contributed by atoms with Gasteiger partial charge in [-0.05, 0) is 31.1 Å². The van der Waals surface area contributed by atoms with E-state index in [9.17, 15) is 9.59 Å². The van der Waals surface area contributed by atoms with Crippen LogP contribution in [0.15, 0.2) is 0 Å². The molecular formula is C18H26N4O2S. The van der Waals surface area contributed by atoms with E-state index < -0.39 is 0 Å². The van der Waals surface area contributed by atoms with Gasteiger partial charge in [-0.15, -0.1) is 10.2 Å². The minimum atomic E-state index is -0.220. The molecule has 3 heterocycles. The zero-order valence-corrected chi connectivity index (χ0v) is 15.7. The first-order chi connectivity index (χ1) is 12.1. The number of carbonyl (C=O) groups excluding carboxylic acids is 2. The van der Waals surface area contributed by atoms with Crippen molar-refractivity contribution in [3.05, 3.63) is 5.01 Å². The summed E-state index contributed by atoms with van der Waals surface area (Å²) in [5, 5.41) is 9.94. The van der Waals surface area contributed by atoms with Crippen LogP contribution in [0.2, 0.25) is 0 Å². The third-order valence-corrected chi connectivity index (χ3v) is 7.05. The number of nitrogens with zero attached hydrogens (tertiary/aromatic N) is 4. The fourth-order valence-electron chi connectivity index (χ4n) is 4.64. The van der Waals surface area contributed by atoms with Gasteiger partial charge in [-0.25, -0.2) is 0 Å². The van der Waals surface area contributed by atoms with Gasteiger partial charge < -0.3 is 4.90 Å². The van der Waals surface area contributed by atoms with E-state index in [1.54, 1.807) is 4.90 Å². The zero-order chi connectivity index (χ0) is 17.4. The smallest absolute Gasteiger partial charge is 0.229 e. The molecule has 0 radical (unpaired) electrons. The molecule has 0 aromatic carbocycles. The summed E-state index contributed by atoms with van der Waals surface area (Å²) >= 11 is 1.48. The molecule has 1 aromatic heterocycles. The molecule has 3 fully saturated rings. The van der Waals surface area contributed by atoms with Gasteiger partial charge in [0, 0.05) is 32.5 Å². The highest BCUT2D eigenvalue weighted by molar-refractivity contribution is 7.15. The van der Waals surface area contributed by atoms with Crippen molar-refractivity contribution in [3.63, 3.8) is 0 Å². The Hall–Kier alpha value is -1.50. The molecule has 1 atom stereocenters. The molecular weight excluding hydrogens is 336 g/mol. The lowest BCUT2D eigenvalue weighted by atomic mass is 9.86. The van der Waals surface area contributed by atoms with Gasteiger partial charge >= 0.3 is 0 Å². The van der Waals surface area contributed by atoms with Crippen molar-refractivity contribution in [2.45, 2.75) is 58.3 Å². The van der Waals surface area contributed by atoms with Crippen LogP contribution >= 0.6 is 11.3 Å². The summed E-state index contributed by atoms with van der Waals surface area (Å²) in [6.45, 7) is 4.32. The number of carbonyl (C=O) groups is 2. The lowest BCUT2D eigenvalue weighted by Crippen LogP contribution is -2.37. The number of hydrogen-bond acceptors (Lipinski definition) is 5. The van der Waals surface area contributed by atoms with Crippen LogP contribution < -0.4 is 4.90 Å². The molecule has 2 amide bonds. The van der Waals surface area contributed by atoms with Crippen LogP contribution in [0.1, 0.15) is 56.9 Å². The second-order valence-corrected chi connectivity index (χ2v) is 8.89. The van der Waals surface area contributed by atoms with Gasteiger partial charge in [0.15, 0.2) is 0 Å². The summed E-state index contributed by atoms with van der Waals surface area (Å²) < 4.78 is 0. The Morgan fingerprint density at radius 2 is 2.08 bits per heavy atom. The zero-order valence-electron chi connectivity index (χ0n) is 14.9. The Morgan fingerprint density at radius 3 is 2.84 bits per heavy atom. The standard InChI is InChI=1S/C18H26N4O2S/c1-2-5-14-19-20-17(25-14)22-11-13(10-15(22)23)16(24)21-9-8-18(12-21)6-3-4-7-18/h13H,2-12H2,1H3. The quantitative estimate of drug-likeness (QED) is 0.826. The molecule has 136 valence electrons. The lowest BCUT2D eigenvalue weighted by molar-refractivity contribution is -0.135. The molecule has 1 saturated carbocycles. The largest absolute Gasteiger partial charge is 0.342 e. The van der Waals surface area contributed by atoms with E-state index in [0.29, 0.717) is 23.5 Å². The first kappa shape index (κ1) is 16.9. The number of aromatic nitrogens is 2. The SMILES string of the molecule is CCCc1nnc(N2CC(C(=O)N3CCC4(CCCC4)C3)CC2=O)s1. The fraction of sp³-hybridized carbons (Fsp3) is 0.778. The van der Waals surface area contributed by atoms with Crippen molar-refractivity contribution >= 4 is 28.3 Å². The molecule has 2 saturated heterocycles. The van der Waals surface area contributed by atoms with E-state index in [4.69, 9.17) is 0 Å². The number of rotatable bonds is 4. The molecule has 1 aliphatic carbocycles. The van der Waals surface area contributed by atoms with Crippen LogP contribution in [-0.2, 0) is 16.0 Å². The Morgan fingerprint density at radius 1 is 1.28 bits per heavy atom. The molecule has 25 heavy (non-hydrogen) atoms. The van der Waals surface area contributed by atoms with E-state index in [-0.39, 0.29) is 17.7 Å². The molecule has 1 aromatic rings. The first-order valence-corrected chi connectivity index (χ1v) is 10.3. The third-order valence-electron chi connectivity index (χ3n) is 6.04. The van der Waals surface area contributed by atoms with E-state index in [0.717, 1.165) is 37.4 Å². The highest BCUT2D eigenvalue weighted by Crippen LogP contribution is 2.45. The van der Waals surface area contributed by atoms with Gasteiger partial charge in [-0.1, -0.05) is 31.1 Å². The molecule has 0 bridgehead atoms. The van der Waals surface area contributed by atoms with Crippen molar-refractivity contribution in [2.24, 2.45) is 11.3 Å². The van der Waals surface area contributed by atoms with Gasteiger partial charge in [0.25, 0.3) is 0 Å². The highest BCUT2D eigenvalue weighted by Gasteiger charge is 2.45. The Kier molecular flexibility index (Phi) is 4.52. The van der Waals surface area contributed by atoms with Crippen molar-refractivity contribution < 1.29 is 9.59 Å². The molecule has 4 rings (SSSR count). The van der Waals surface area contributed by atoms with Gasteiger partial charge in [0.1, 0.15) is 5.01 Å². The summed E-state index contributed by atoms with van der Waals surface area (Å²) in [6, 6.07) is 0. The molecule has 3 aliphatic rings. The molecule has 7 heteroatoms. The first-order valence-electron chi connectivity index (χ1n) is 9.52. The molecule has 0 N–H and O–H groups in total. The minimum Gasteiger partial charge on any atom is -0.342 e. The Labute approximate surface area is 152 Å². The molecule has 6 nitrogen and oxygen atoms in total. The summed E-state index contributed by atoms with van der Waals surface area (Å²) in [5.41, 5.74) is 0.381. The number of likely N-dealkylation sites (tertiary alicyclic amines) is 1. The molecule has 1 spiro atoms. The summed E-state index contributed by atoms with van der Waals surface area (Å²) in [6.07, 6.45) is 8.47. The maximum Gasteiger partial charge on any atom is 0.229 e. The monoisotopic (exact) mass is 362 g/mol. The van der Waals surface area contributed by atoms with Crippen LogP contribution in [-0.4, -0.2) is 46.5 Å². The number of aryl methyl sites for hydroxylation is 1. The van der Waals surface area contributed by atoms with Gasteiger partial charge in [0.05, 0.1) is 5.92 Å².